The summed E-state index contributed by atoms with van der Waals surface area (Å²) in [6.07, 6.45) is 3.29. The Kier molecular flexibility index (Phi) is 4.79. The van der Waals surface area contributed by atoms with Crippen molar-refractivity contribution >= 4 is 10.0 Å². The smallest absolute Gasteiger partial charge is 0.248 e. The molecule has 0 radical (unpaired) electrons. The highest BCUT2D eigenvalue weighted by molar-refractivity contribution is 7.89. The minimum absolute atomic E-state index is 0.0296. The molecule has 1 aliphatic rings. The second-order valence-corrected chi connectivity index (χ2v) is 8.07. The highest BCUT2D eigenvalue weighted by Gasteiger charge is 2.42. The van der Waals surface area contributed by atoms with Crippen molar-refractivity contribution in [1.82, 2.24) is 14.1 Å². The van der Waals surface area contributed by atoms with Gasteiger partial charge in [0.05, 0.1) is 17.8 Å². The van der Waals surface area contributed by atoms with E-state index in [9.17, 15) is 22.3 Å². The summed E-state index contributed by atoms with van der Waals surface area (Å²) in [5.41, 5.74) is 0.437. The molecule has 2 atom stereocenters. The van der Waals surface area contributed by atoms with Gasteiger partial charge in [-0.05, 0) is 17.7 Å². The van der Waals surface area contributed by atoms with Gasteiger partial charge in [-0.3, -0.25) is 4.68 Å². The standard InChI is InChI=1S/C16H16F2N4O3S/c1-21-6-11(5-20-21)13-8-22(7-12(13)9-23)26(24,25)16-14(17)2-10(4-19)3-15(16)18/h2-3,5-6,12-13,23H,7-9H2,1H3/t12-,13-/m0/s1. The molecule has 0 aliphatic carbocycles. The molecule has 3 rings (SSSR count). The number of benzene rings is 1. The van der Waals surface area contributed by atoms with Crippen LogP contribution in [0, 0.1) is 28.9 Å². The molecule has 1 aliphatic heterocycles. The molecule has 0 amide bonds. The molecular formula is C16H16F2N4O3S. The Morgan fingerprint density at radius 2 is 2.00 bits per heavy atom. The first-order valence-electron chi connectivity index (χ1n) is 7.76. The Labute approximate surface area is 149 Å². The van der Waals surface area contributed by atoms with E-state index >= 15 is 0 Å². The highest BCUT2D eigenvalue weighted by Crippen LogP contribution is 2.36. The SMILES string of the molecule is Cn1cc([C@@H]2CN(S(=O)(=O)c3c(F)cc(C#N)cc3F)C[C@H]2CO)cn1. The monoisotopic (exact) mass is 382 g/mol. The lowest BCUT2D eigenvalue weighted by molar-refractivity contribution is 0.223. The molecule has 7 nitrogen and oxygen atoms in total. The van der Waals surface area contributed by atoms with Crippen molar-refractivity contribution in [2.45, 2.75) is 10.8 Å². The van der Waals surface area contributed by atoms with Gasteiger partial charge in [-0.15, -0.1) is 0 Å². The van der Waals surface area contributed by atoms with Gasteiger partial charge in [-0.25, -0.2) is 17.2 Å². The fourth-order valence-electron chi connectivity index (χ4n) is 3.22. The van der Waals surface area contributed by atoms with Crippen molar-refractivity contribution in [2.24, 2.45) is 13.0 Å². The third-order valence-electron chi connectivity index (χ3n) is 4.52. The minimum atomic E-state index is -4.47. The van der Waals surface area contributed by atoms with Crippen LogP contribution in [-0.4, -0.2) is 47.3 Å². The van der Waals surface area contributed by atoms with E-state index in [2.05, 4.69) is 5.10 Å². The Morgan fingerprint density at radius 3 is 2.50 bits per heavy atom. The maximum Gasteiger partial charge on any atom is 0.248 e. The van der Waals surface area contributed by atoms with E-state index in [-0.39, 0.29) is 31.2 Å². The number of aromatic nitrogens is 2. The average molecular weight is 382 g/mol. The van der Waals surface area contributed by atoms with E-state index in [1.54, 1.807) is 30.2 Å². The summed E-state index contributed by atoms with van der Waals surface area (Å²) in [6, 6.07) is 2.95. The molecule has 0 saturated carbocycles. The molecule has 1 saturated heterocycles. The Hall–Kier alpha value is -2.35. The summed E-state index contributed by atoms with van der Waals surface area (Å²) in [4.78, 5) is -1.08. The number of nitriles is 1. The first-order valence-corrected chi connectivity index (χ1v) is 9.20. The summed E-state index contributed by atoms with van der Waals surface area (Å²) in [5, 5.41) is 22.4. The number of rotatable bonds is 4. The lowest BCUT2D eigenvalue weighted by Crippen LogP contribution is -2.31. The fourth-order valence-corrected chi connectivity index (χ4v) is 4.84. The van der Waals surface area contributed by atoms with Crippen LogP contribution in [0.3, 0.4) is 0 Å². The third-order valence-corrected chi connectivity index (χ3v) is 6.40. The molecule has 0 unspecified atom stereocenters. The van der Waals surface area contributed by atoms with E-state index in [1.807, 2.05) is 0 Å². The van der Waals surface area contributed by atoms with Crippen molar-refractivity contribution in [2.75, 3.05) is 19.7 Å². The first-order chi connectivity index (χ1) is 12.3. The van der Waals surface area contributed by atoms with E-state index < -0.39 is 32.5 Å². The molecule has 1 aromatic carbocycles. The van der Waals surface area contributed by atoms with Crippen LogP contribution in [0.15, 0.2) is 29.4 Å². The number of aliphatic hydroxyl groups is 1. The maximum absolute atomic E-state index is 14.2. The van der Waals surface area contributed by atoms with E-state index in [1.165, 1.54) is 0 Å². The highest BCUT2D eigenvalue weighted by atomic mass is 32.2. The molecule has 10 heteroatoms. The van der Waals surface area contributed by atoms with Gasteiger partial charge in [0.15, 0.2) is 4.90 Å². The number of aryl methyl sites for hydroxylation is 1. The van der Waals surface area contributed by atoms with E-state index in [4.69, 9.17) is 5.26 Å². The van der Waals surface area contributed by atoms with Crippen LogP contribution in [0.1, 0.15) is 17.0 Å². The lowest BCUT2D eigenvalue weighted by Gasteiger charge is -2.17. The van der Waals surface area contributed by atoms with Gasteiger partial charge in [0.1, 0.15) is 11.6 Å². The van der Waals surface area contributed by atoms with Gasteiger partial charge in [0.2, 0.25) is 10.0 Å². The summed E-state index contributed by atoms with van der Waals surface area (Å²) in [6.45, 7) is -0.376. The summed E-state index contributed by atoms with van der Waals surface area (Å²) >= 11 is 0. The van der Waals surface area contributed by atoms with Gasteiger partial charge >= 0.3 is 0 Å². The number of halogens is 2. The van der Waals surface area contributed by atoms with Crippen molar-refractivity contribution in [3.05, 3.63) is 47.3 Å². The van der Waals surface area contributed by atoms with E-state index in [0.29, 0.717) is 12.1 Å². The van der Waals surface area contributed by atoms with Crippen LogP contribution in [0.4, 0.5) is 8.78 Å². The topological polar surface area (TPSA) is 99.2 Å². The van der Waals surface area contributed by atoms with Crippen molar-refractivity contribution in [1.29, 1.82) is 5.26 Å². The Bertz CT molecular complexity index is 961. The molecule has 138 valence electrons. The Balaban J connectivity index is 1.97. The molecule has 1 fully saturated rings. The van der Waals surface area contributed by atoms with Crippen LogP contribution in [0.25, 0.3) is 0 Å². The van der Waals surface area contributed by atoms with Crippen LogP contribution < -0.4 is 0 Å². The van der Waals surface area contributed by atoms with Crippen molar-refractivity contribution in [3.63, 3.8) is 0 Å². The zero-order chi connectivity index (χ0) is 19.1. The van der Waals surface area contributed by atoms with Gasteiger partial charge < -0.3 is 5.11 Å². The number of hydrogen-bond acceptors (Lipinski definition) is 5. The van der Waals surface area contributed by atoms with Crippen molar-refractivity contribution in [3.8, 4) is 6.07 Å². The van der Waals surface area contributed by atoms with E-state index in [0.717, 1.165) is 9.87 Å². The largest absolute Gasteiger partial charge is 0.396 e. The second-order valence-electron chi connectivity index (χ2n) is 6.20. The Morgan fingerprint density at radius 1 is 1.35 bits per heavy atom. The zero-order valence-corrected chi connectivity index (χ0v) is 14.6. The number of hydrogen-bond donors (Lipinski definition) is 1. The van der Waals surface area contributed by atoms with Crippen LogP contribution >= 0.6 is 0 Å². The molecule has 1 N–H and O–H groups in total. The van der Waals surface area contributed by atoms with Gasteiger partial charge in [0, 0.05) is 44.8 Å². The first kappa shape index (κ1) is 18.4. The zero-order valence-electron chi connectivity index (χ0n) is 13.8. The van der Waals surface area contributed by atoms with Crippen LogP contribution in [0.5, 0.6) is 0 Å². The maximum atomic E-state index is 14.2. The van der Waals surface area contributed by atoms with Gasteiger partial charge in [0.25, 0.3) is 0 Å². The van der Waals surface area contributed by atoms with Gasteiger partial charge in [-0.1, -0.05) is 0 Å². The predicted octanol–water partition coefficient (Wildman–Crippen LogP) is 0.967. The molecule has 2 aromatic rings. The summed E-state index contributed by atoms with van der Waals surface area (Å²) < 4.78 is 56.5. The quantitative estimate of drug-likeness (QED) is 0.849. The molecular weight excluding hydrogens is 366 g/mol. The molecule has 26 heavy (non-hydrogen) atoms. The lowest BCUT2D eigenvalue weighted by atomic mass is 9.92. The molecule has 1 aromatic heterocycles. The van der Waals surface area contributed by atoms with Crippen molar-refractivity contribution < 1.29 is 22.3 Å². The number of sulfonamides is 1. The second kappa shape index (κ2) is 6.75. The summed E-state index contributed by atoms with van der Waals surface area (Å²) in [7, 11) is -2.76. The van der Waals surface area contributed by atoms with Crippen LogP contribution in [-0.2, 0) is 17.1 Å². The minimum Gasteiger partial charge on any atom is -0.396 e. The predicted molar refractivity (Wildman–Crippen MR) is 86.4 cm³/mol. The number of nitrogens with zero attached hydrogens (tertiary/aromatic N) is 4. The third kappa shape index (κ3) is 3.09. The fraction of sp³-hybridized carbons (Fsp3) is 0.375. The summed E-state index contributed by atoms with van der Waals surface area (Å²) in [5.74, 6) is -3.38. The molecule has 2 heterocycles. The molecule has 0 spiro atoms. The molecule has 0 bridgehead atoms. The normalized spacial score (nSPS) is 21.0. The number of aliphatic hydroxyl groups excluding tert-OH is 1. The van der Waals surface area contributed by atoms with Crippen LogP contribution in [0.2, 0.25) is 0 Å². The van der Waals surface area contributed by atoms with Gasteiger partial charge in [-0.2, -0.15) is 14.7 Å². The average Bonchev–Trinajstić information content (AvgIpc) is 3.19.